The Hall–Kier alpha value is -0.830. The maximum atomic E-state index is 4.36. The molecule has 1 N–H and O–H groups in total. The molecule has 0 bridgehead atoms. The number of aromatic nitrogens is 2. The molecule has 3 nitrogen and oxygen atoms in total. The molecule has 0 aliphatic heterocycles. The molecule has 1 heterocycles. The molecule has 1 fully saturated rings. The third-order valence-electron chi connectivity index (χ3n) is 3.83. The van der Waals surface area contributed by atoms with Crippen molar-refractivity contribution >= 4 is 0 Å². The van der Waals surface area contributed by atoms with Gasteiger partial charge in [-0.1, -0.05) is 13.8 Å². The van der Waals surface area contributed by atoms with E-state index < -0.39 is 0 Å². The first-order valence-corrected chi connectivity index (χ1v) is 7.03. The van der Waals surface area contributed by atoms with Crippen LogP contribution < -0.4 is 5.32 Å². The van der Waals surface area contributed by atoms with Crippen molar-refractivity contribution in [2.75, 3.05) is 0 Å². The molecule has 0 atom stereocenters. The molecule has 1 aliphatic rings. The van der Waals surface area contributed by atoms with Gasteiger partial charge in [0, 0.05) is 25.3 Å². The van der Waals surface area contributed by atoms with E-state index in [4.69, 9.17) is 0 Å². The highest BCUT2D eigenvalue weighted by atomic mass is 15.3. The zero-order valence-corrected chi connectivity index (χ0v) is 11.2. The minimum Gasteiger partial charge on any atom is -0.308 e. The summed E-state index contributed by atoms with van der Waals surface area (Å²) in [6, 6.07) is 2.85. The monoisotopic (exact) mass is 235 g/mol. The minimum atomic E-state index is 0.719. The van der Waals surface area contributed by atoms with Crippen LogP contribution in [0.3, 0.4) is 0 Å². The lowest BCUT2D eigenvalue weighted by molar-refractivity contribution is 0.304. The smallest absolute Gasteiger partial charge is 0.0522 e. The van der Waals surface area contributed by atoms with Crippen molar-refractivity contribution in [3.63, 3.8) is 0 Å². The summed E-state index contributed by atoms with van der Waals surface area (Å²) in [7, 11) is 0. The normalized spacial score (nSPS) is 25.1. The first-order valence-electron chi connectivity index (χ1n) is 7.03. The predicted molar refractivity (Wildman–Crippen MR) is 70.8 cm³/mol. The van der Waals surface area contributed by atoms with Crippen molar-refractivity contribution in [1.29, 1.82) is 0 Å². The van der Waals surface area contributed by atoms with Gasteiger partial charge in [0.05, 0.1) is 5.69 Å². The van der Waals surface area contributed by atoms with Crippen LogP contribution in [0.4, 0.5) is 0 Å². The van der Waals surface area contributed by atoms with Crippen LogP contribution in [0.15, 0.2) is 12.3 Å². The summed E-state index contributed by atoms with van der Waals surface area (Å²) in [4.78, 5) is 0. The van der Waals surface area contributed by atoms with Crippen molar-refractivity contribution in [3.05, 3.63) is 18.0 Å². The summed E-state index contributed by atoms with van der Waals surface area (Å²) in [5.41, 5.74) is 1.32. The van der Waals surface area contributed by atoms with E-state index in [1.807, 2.05) is 6.20 Å². The average molecular weight is 235 g/mol. The summed E-state index contributed by atoms with van der Waals surface area (Å²) in [5.74, 6) is 0.929. The molecule has 17 heavy (non-hydrogen) atoms. The first kappa shape index (κ1) is 12.6. The standard InChI is InChI=1S/C14H25N3/c1-3-10-17-14(8-9-16-17)11-15-13-6-4-12(2)5-7-13/h8-9,12-13,15H,3-7,10-11H2,1-2H3. The van der Waals surface area contributed by atoms with Crippen LogP contribution in [-0.4, -0.2) is 15.8 Å². The Morgan fingerprint density at radius 3 is 2.82 bits per heavy atom. The Morgan fingerprint density at radius 2 is 2.12 bits per heavy atom. The molecule has 1 saturated carbocycles. The molecule has 0 spiro atoms. The summed E-state index contributed by atoms with van der Waals surface area (Å²) in [6.07, 6.45) is 8.50. The van der Waals surface area contributed by atoms with E-state index >= 15 is 0 Å². The van der Waals surface area contributed by atoms with Gasteiger partial charge in [0.25, 0.3) is 0 Å². The number of rotatable bonds is 5. The molecule has 0 unspecified atom stereocenters. The van der Waals surface area contributed by atoms with E-state index in [-0.39, 0.29) is 0 Å². The summed E-state index contributed by atoms with van der Waals surface area (Å²) in [5, 5.41) is 8.04. The van der Waals surface area contributed by atoms with Crippen LogP contribution in [0.2, 0.25) is 0 Å². The lowest BCUT2D eigenvalue weighted by Crippen LogP contribution is -2.32. The van der Waals surface area contributed by atoms with Gasteiger partial charge in [-0.25, -0.2) is 0 Å². The lowest BCUT2D eigenvalue weighted by atomic mass is 9.87. The first-order chi connectivity index (χ1) is 8.29. The number of nitrogens with zero attached hydrogens (tertiary/aromatic N) is 2. The number of aryl methyl sites for hydroxylation is 1. The maximum Gasteiger partial charge on any atom is 0.0522 e. The topological polar surface area (TPSA) is 29.9 Å². The van der Waals surface area contributed by atoms with Gasteiger partial charge >= 0.3 is 0 Å². The van der Waals surface area contributed by atoms with Gasteiger partial charge in [-0.3, -0.25) is 4.68 Å². The second-order valence-electron chi connectivity index (χ2n) is 5.38. The molecular weight excluding hydrogens is 210 g/mol. The fourth-order valence-corrected chi connectivity index (χ4v) is 2.64. The second-order valence-corrected chi connectivity index (χ2v) is 5.38. The van der Waals surface area contributed by atoms with Gasteiger partial charge in [-0.15, -0.1) is 0 Å². The van der Waals surface area contributed by atoms with Gasteiger partial charge in [0.1, 0.15) is 0 Å². The molecule has 1 aromatic heterocycles. The molecule has 0 aromatic carbocycles. The molecule has 2 rings (SSSR count). The lowest BCUT2D eigenvalue weighted by Gasteiger charge is -2.27. The molecule has 1 aliphatic carbocycles. The molecule has 0 amide bonds. The Balaban J connectivity index is 1.79. The highest BCUT2D eigenvalue weighted by Gasteiger charge is 2.17. The minimum absolute atomic E-state index is 0.719. The average Bonchev–Trinajstić information content (AvgIpc) is 2.77. The Bertz CT molecular complexity index is 324. The molecule has 0 saturated heterocycles. The Labute approximate surface area is 105 Å². The van der Waals surface area contributed by atoms with Gasteiger partial charge in [0.2, 0.25) is 0 Å². The van der Waals surface area contributed by atoms with E-state index in [1.54, 1.807) is 0 Å². The number of nitrogens with one attached hydrogen (secondary N) is 1. The molecule has 3 heteroatoms. The maximum absolute atomic E-state index is 4.36. The third-order valence-corrected chi connectivity index (χ3v) is 3.83. The van der Waals surface area contributed by atoms with Crippen LogP contribution in [-0.2, 0) is 13.1 Å². The van der Waals surface area contributed by atoms with Crippen molar-refractivity contribution < 1.29 is 0 Å². The Morgan fingerprint density at radius 1 is 1.35 bits per heavy atom. The van der Waals surface area contributed by atoms with Crippen LogP contribution in [0.1, 0.15) is 51.6 Å². The fraction of sp³-hybridized carbons (Fsp3) is 0.786. The van der Waals surface area contributed by atoms with E-state index in [0.717, 1.165) is 31.5 Å². The van der Waals surface area contributed by atoms with Crippen LogP contribution in [0.5, 0.6) is 0 Å². The molecular formula is C14H25N3. The van der Waals surface area contributed by atoms with Crippen molar-refractivity contribution in [1.82, 2.24) is 15.1 Å². The van der Waals surface area contributed by atoms with Gasteiger partial charge in [-0.2, -0.15) is 5.10 Å². The van der Waals surface area contributed by atoms with Crippen LogP contribution in [0, 0.1) is 5.92 Å². The zero-order chi connectivity index (χ0) is 12.1. The van der Waals surface area contributed by atoms with Gasteiger partial charge in [-0.05, 0) is 44.1 Å². The fourth-order valence-electron chi connectivity index (χ4n) is 2.64. The zero-order valence-electron chi connectivity index (χ0n) is 11.2. The van der Waals surface area contributed by atoms with Crippen molar-refractivity contribution in [3.8, 4) is 0 Å². The second kappa shape index (κ2) is 6.20. The van der Waals surface area contributed by atoms with Gasteiger partial charge in [0.15, 0.2) is 0 Å². The molecule has 0 radical (unpaired) electrons. The van der Waals surface area contributed by atoms with Crippen molar-refractivity contribution in [2.24, 2.45) is 5.92 Å². The number of hydrogen-bond acceptors (Lipinski definition) is 2. The van der Waals surface area contributed by atoms with E-state index in [2.05, 4.69) is 35.0 Å². The van der Waals surface area contributed by atoms with E-state index in [9.17, 15) is 0 Å². The Kier molecular flexibility index (Phi) is 4.60. The van der Waals surface area contributed by atoms with Crippen molar-refractivity contribution in [2.45, 2.75) is 65.1 Å². The van der Waals surface area contributed by atoms with E-state index in [0.29, 0.717) is 0 Å². The third kappa shape index (κ3) is 3.56. The summed E-state index contributed by atoms with van der Waals surface area (Å²) >= 11 is 0. The SMILES string of the molecule is CCCn1nccc1CNC1CCC(C)CC1. The largest absolute Gasteiger partial charge is 0.308 e. The summed E-state index contributed by atoms with van der Waals surface area (Å²) in [6.45, 7) is 6.57. The number of hydrogen-bond donors (Lipinski definition) is 1. The van der Waals surface area contributed by atoms with Crippen LogP contribution >= 0.6 is 0 Å². The quantitative estimate of drug-likeness (QED) is 0.850. The molecule has 96 valence electrons. The molecule has 1 aromatic rings. The highest BCUT2D eigenvalue weighted by Crippen LogP contribution is 2.23. The van der Waals surface area contributed by atoms with Gasteiger partial charge < -0.3 is 5.32 Å². The van der Waals surface area contributed by atoms with Crippen LogP contribution in [0.25, 0.3) is 0 Å². The summed E-state index contributed by atoms with van der Waals surface area (Å²) < 4.78 is 2.12. The highest BCUT2D eigenvalue weighted by molar-refractivity contribution is 5.00. The van der Waals surface area contributed by atoms with E-state index in [1.165, 1.54) is 31.4 Å². The predicted octanol–water partition coefficient (Wildman–Crippen LogP) is 2.96.